The molecule has 0 heterocycles. The van der Waals surface area contributed by atoms with Gasteiger partial charge in [-0.25, -0.2) is 0 Å². The molecule has 0 atom stereocenters. The molecule has 0 aromatic heterocycles. The van der Waals surface area contributed by atoms with Crippen LogP contribution >= 0.6 is 11.6 Å². The molecule has 0 aliphatic carbocycles. The number of amides is 2. The molecule has 0 bridgehead atoms. The Labute approximate surface area is 162 Å². The Morgan fingerprint density at radius 1 is 1.15 bits per heavy atom. The summed E-state index contributed by atoms with van der Waals surface area (Å²) in [6, 6.07) is 11.6. The molecule has 140 valence electrons. The van der Waals surface area contributed by atoms with Crippen LogP contribution < -0.4 is 20.3 Å². The third kappa shape index (κ3) is 6.20. The standard InChI is InChI=1S/C20H19ClN2O4/c1-3-11-27-17-9-7-14(12-18(17)26-2)8-10-19(24)22-23-20(25)15-5-4-6-16(21)13-15/h3-10,12-13H,1,11H2,2H3,(H,22,24)(H,23,25)/b10-8+. The first-order valence-electron chi connectivity index (χ1n) is 7.99. The molecule has 0 aliphatic heterocycles. The quantitative estimate of drug-likeness (QED) is 0.434. The summed E-state index contributed by atoms with van der Waals surface area (Å²) in [6.45, 7) is 3.95. The van der Waals surface area contributed by atoms with Gasteiger partial charge in [-0.15, -0.1) is 0 Å². The second-order valence-electron chi connectivity index (χ2n) is 5.30. The summed E-state index contributed by atoms with van der Waals surface area (Å²) in [5.74, 6) is 0.155. The highest BCUT2D eigenvalue weighted by Gasteiger charge is 2.07. The Bertz CT molecular complexity index is 865. The smallest absolute Gasteiger partial charge is 0.269 e. The monoisotopic (exact) mass is 386 g/mol. The van der Waals surface area contributed by atoms with E-state index in [0.29, 0.717) is 28.7 Å². The number of benzene rings is 2. The van der Waals surface area contributed by atoms with Gasteiger partial charge in [-0.1, -0.05) is 36.4 Å². The molecule has 0 spiro atoms. The number of halogens is 1. The van der Waals surface area contributed by atoms with E-state index in [0.717, 1.165) is 5.56 Å². The highest BCUT2D eigenvalue weighted by Crippen LogP contribution is 2.28. The number of nitrogens with one attached hydrogen (secondary N) is 2. The van der Waals surface area contributed by atoms with E-state index in [9.17, 15) is 9.59 Å². The molecule has 2 rings (SSSR count). The van der Waals surface area contributed by atoms with Crippen molar-refractivity contribution in [3.63, 3.8) is 0 Å². The van der Waals surface area contributed by atoms with E-state index in [2.05, 4.69) is 17.4 Å². The van der Waals surface area contributed by atoms with Crippen LogP contribution in [-0.2, 0) is 4.79 Å². The van der Waals surface area contributed by atoms with Crippen LogP contribution in [0.2, 0.25) is 5.02 Å². The van der Waals surface area contributed by atoms with Gasteiger partial charge in [0.2, 0.25) is 0 Å². The van der Waals surface area contributed by atoms with Crippen LogP contribution in [0.15, 0.2) is 61.2 Å². The fourth-order valence-electron chi connectivity index (χ4n) is 2.09. The molecule has 2 amide bonds. The number of hydrazine groups is 1. The Balaban J connectivity index is 1.94. The topological polar surface area (TPSA) is 76.7 Å². The first-order valence-corrected chi connectivity index (χ1v) is 8.37. The summed E-state index contributed by atoms with van der Waals surface area (Å²) in [4.78, 5) is 23.8. The average Bonchev–Trinajstić information content (AvgIpc) is 2.69. The first kappa shape index (κ1) is 20.1. The minimum absolute atomic E-state index is 0.339. The number of methoxy groups -OCH3 is 1. The van der Waals surface area contributed by atoms with Crippen molar-refractivity contribution < 1.29 is 19.1 Å². The van der Waals surface area contributed by atoms with Gasteiger partial charge < -0.3 is 9.47 Å². The summed E-state index contributed by atoms with van der Waals surface area (Å²) < 4.78 is 10.7. The zero-order valence-corrected chi connectivity index (χ0v) is 15.5. The van der Waals surface area contributed by atoms with Crippen molar-refractivity contribution in [3.05, 3.63) is 77.3 Å². The summed E-state index contributed by atoms with van der Waals surface area (Å²) >= 11 is 5.83. The highest BCUT2D eigenvalue weighted by atomic mass is 35.5. The molecule has 7 heteroatoms. The minimum atomic E-state index is -0.490. The maximum atomic E-state index is 11.9. The van der Waals surface area contributed by atoms with Crippen molar-refractivity contribution in [2.24, 2.45) is 0 Å². The summed E-state index contributed by atoms with van der Waals surface area (Å²) in [5, 5.41) is 0.434. The number of rotatable bonds is 7. The average molecular weight is 387 g/mol. The SMILES string of the molecule is C=CCOc1ccc(/C=C/C(=O)NNC(=O)c2cccc(Cl)c2)cc1OC. The van der Waals surface area contributed by atoms with Crippen molar-refractivity contribution in [1.82, 2.24) is 10.9 Å². The van der Waals surface area contributed by atoms with Crippen molar-refractivity contribution >= 4 is 29.5 Å². The molecule has 0 aliphatic rings. The molecule has 0 radical (unpaired) electrons. The lowest BCUT2D eigenvalue weighted by molar-refractivity contribution is -0.117. The lowest BCUT2D eigenvalue weighted by atomic mass is 10.2. The Kier molecular flexibility index (Phi) is 7.46. The van der Waals surface area contributed by atoms with E-state index in [4.69, 9.17) is 21.1 Å². The van der Waals surface area contributed by atoms with Gasteiger partial charge in [0, 0.05) is 16.7 Å². The van der Waals surface area contributed by atoms with Gasteiger partial charge in [0.1, 0.15) is 6.61 Å². The van der Waals surface area contributed by atoms with Crippen LogP contribution in [0.1, 0.15) is 15.9 Å². The van der Waals surface area contributed by atoms with Crippen LogP contribution in [0.25, 0.3) is 6.08 Å². The van der Waals surface area contributed by atoms with E-state index in [1.54, 1.807) is 48.6 Å². The van der Waals surface area contributed by atoms with Gasteiger partial charge in [0.05, 0.1) is 7.11 Å². The predicted molar refractivity (Wildman–Crippen MR) is 105 cm³/mol. The lowest BCUT2D eigenvalue weighted by Crippen LogP contribution is -2.40. The van der Waals surface area contributed by atoms with E-state index in [-0.39, 0.29) is 0 Å². The maximum Gasteiger partial charge on any atom is 0.269 e. The molecule has 0 unspecified atom stereocenters. The third-order valence-electron chi connectivity index (χ3n) is 3.36. The fraction of sp³-hybridized carbons (Fsp3) is 0.100. The predicted octanol–water partition coefficient (Wildman–Crippen LogP) is 3.39. The van der Waals surface area contributed by atoms with Gasteiger partial charge in [-0.05, 0) is 42.0 Å². The van der Waals surface area contributed by atoms with E-state index < -0.39 is 11.8 Å². The molecule has 0 saturated carbocycles. The zero-order valence-electron chi connectivity index (χ0n) is 14.7. The summed E-state index contributed by atoms with van der Waals surface area (Å²) in [5.41, 5.74) is 5.69. The highest BCUT2D eigenvalue weighted by molar-refractivity contribution is 6.30. The third-order valence-corrected chi connectivity index (χ3v) is 3.59. The second kappa shape index (κ2) is 10.0. The summed E-state index contributed by atoms with van der Waals surface area (Å²) in [7, 11) is 1.53. The number of hydrogen-bond donors (Lipinski definition) is 2. The molecule has 2 N–H and O–H groups in total. The van der Waals surface area contributed by atoms with Crippen molar-refractivity contribution in [2.75, 3.05) is 13.7 Å². The first-order chi connectivity index (χ1) is 13.0. The fourth-order valence-corrected chi connectivity index (χ4v) is 2.28. The number of carbonyl (C=O) groups is 2. The van der Waals surface area contributed by atoms with E-state index in [1.165, 1.54) is 19.3 Å². The van der Waals surface area contributed by atoms with Gasteiger partial charge >= 0.3 is 0 Å². The number of hydrogen-bond acceptors (Lipinski definition) is 4. The van der Waals surface area contributed by atoms with Gasteiger partial charge in [0.25, 0.3) is 11.8 Å². The van der Waals surface area contributed by atoms with Crippen LogP contribution in [0.5, 0.6) is 11.5 Å². The Morgan fingerprint density at radius 2 is 1.96 bits per heavy atom. The molecule has 27 heavy (non-hydrogen) atoms. The maximum absolute atomic E-state index is 11.9. The van der Waals surface area contributed by atoms with Crippen LogP contribution in [0.4, 0.5) is 0 Å². The molecule has 2 aromatic rings. The van der Waals surface area contributed by atoms with Gasteiger partial charge in [-0.2, -0.15) is 0 Å². The van der Waals surface area contributed by atoms with Crippen molar-refractivity contribution in [2.45, 2.75) is 0 Å². The van der Waals surface area contributed by atoms with Crippen LogP contribution in [0, 0.1) is 0 Å². The minimum Gasteiger partial charge on any atom is -0.493 e. The number of ether oxygens (including phenoxy) is 2. The van der Waals surface area contributed by atoms with Crippen LogP contribution in [0.3, 0.4) is 0 Å². The Morgan fingerprint density at radius 3 is 2.67 bits per heavy atom. The van der Waals surface area contributed by atoms with Gasteiger partial charge in [0.15, 0.2) is 11.5 Å². The molecule has 0 fully saturated rings. The molecule has 2 aromatic carbocycles. The second-order valence-corrected chi connectivity index (χ2v) is 5.73. The van der Waals surface area contributed by atoms with Gasteiger partial charge in [-0.3, -0.25) is 20.4 Å². The summed E-state index contributed by atoms with van der Waals surface area (Å²) in [6.07, 6.45) is 4.51. The van der Waals surface area contributed by atoms with Crippen LogP contribution in [-0.4, -0.2) is 25.5 Å². The molecular formula is C20H19ClN2O4. The zero-order chi connectivity index (χ0) is 19.6. The lowest BCUT2D eigenvalue weighted by Gasteiger charge is -2.09. The molecular weight excluding hydrogens is 368 g/mol. The largest absolute Gasteiger partial charge is 0.493 e. The normalized spacial score (nSPS) is 10.3. The molecule has 6 nitrogen and oxygen atoms in total. The van der Waals surface area contributed by atoms with Crippen molar-refractivity contribution in [1.29, 1.82) is 0 Å². The van der Waals surface area contributed by atoms with Crippen molar-refractivity contribution in [3.8, 4) is 11.5 Å². The number of carbonyl (C=O) groups excluding carboxylic acids is 2. The van der Waals surface area contributed by atoms with E-state index >= 15 is 0 Å². The van der Waals surface area contributed by atoms with E-state index in [1.807, 2.05) is 0 Å². The molecule has 0 saturated heterocycles. The Hall–Kier alpha value is -3.25.